The van der Waals surface area contributed by atoms with Crippen molar-refractivity contribution in [2.24, 2.45) is 0 Å². The Morgan fingerprint density at radius 3 is 2.61 bits per heavy atom. The van der Waals surface area contributed by atoms with Crippen LogP contribution in [0.15, 0.2) is 48.5 Å². The summed E-state index contributed by atoms with van der Waals surface area (Å²) in [6.07, 6.45) is -4.53. The number of halogens is 3. The molecule has 28 heavy (non-hydrogen) atoms. The zero-order valence-electron chi connectivity index (χ0n) is 15.0. The van der Waals surface area contributed by atoms with Crippen LogP contribution in [0.25, 0.3) is 0 Å². The van der Waals surface area contributed by atoms with Gasteiger partial charge in [0.05, 0.1) is 24.7 Å². The summed E-state index contributed by atoms with van der Waals surface area (Å²) in [5.41, 5.74) is 0.134. The maximum Gasteiger partial charge on any atom is 0.416 e. The minimum Gasteiger partial charge on any atom is -0.481 e. The SMILES string of the molecule is O=C(O)CCN1CCOC(c2ccc(Oc3cccc(C(F)(F)F)c3)cc2)C1. The molecule has 2 aromatic rings. The highest BCUT2D eigenvalue weighted by molar-refractivity contribution is 5.66. The first kappa shape index (κ1) is 20.2. The van der Waals surface area contributed by atoms with Crippen LogP contribution in [0.3, 0.4) is 0 Å². The Morgan fingerprint density at radius 2 is 1.93 bits per heavy atom. The molecular weight excluding hydrogens is 375 g/mol. The van der Waals surface area contributed by atoms with E-state index in [0.717, 1.165) is 17.7 Å². The molecule has 1 saturated heterocycles. The van der Waals surface area contributed by atoms with Gasteiger partial charge in [-0.3, -0.25) is 9.69 Å². The number of carboxylic acids is 1. The predicted octanol–water partition coefficient (Wildman–Crippen LogP) is 4.35. The third kappa shape index (κ3) is 5.46. The lowest BCUT2D eigenvalue weighted by Gasteiger charge is -2.32. The Morgan fingerprint density at radius 1 is 1.18 bits per heavy atom. The predicted molar refractivity (Wildman–Crippen MR) is 95.3 cm³/mol. The second-order valence-corrected chi connectivity index (χ2v) is 6.50. The smallest absolute Gasteiger partial charge is 0.416 e. The van der Waals surface area contributed by atoms with Crippen LogP contribution in [0.4, 0.5) is 13.2 Å². The Balaban J connectivity index is 1.63. The molecule has 5 nitrogen and oxygen atoms in total. The summed E-state index contributed by atoms with van der Waals surface area (Å²) in [5, 5.41) is 8.81. The van der Waals surface area contributed by atoms with E-state index in [1.165, 1.54) is 12.1 Å². The van der Waals surface area contributed by atoms with Crippen molar-refractivity contribution < 1.29 is 32.5 Å². The van der Waals surface area contributed by atoms with Crippen LogP contribution in [0.5, 0.6) is 11.5 Å². The molecule has 0 aliphatic carbocycles. The van der Waals surface area contributed by atoms with Gasteiger partial charge in [-0.2, -0.15) is 13.2 Å². The fourth-order valence-corrected chi connectivity index (χ4v) is 2.98. The first-order valence-corrected chi connectivity index (χ1v) is 8.82. The second kappa shape index (κ2) is 8.62. The minimum atomic E-state index is -4.42. The highest BCUT2D eigenvalue weighted by Crippen LogP contribution is 2.33. The average Bonchev–Trinajstić information content (AvgIpc) is 2.67. The van der Waals surface area contributed by atoms with Gasteiger partial charge in [0.2, 0.25) is 0 Å². The normalized spacial score (nSPS) is 18.0. The molecule has 1 atom stereocenters. The van der Waals surface area contributed by atoms with E-state index >= 15 is 0 Å². The van der Waals surface area contributed by atoms with Gasteiger partial charge in [0.25, 0.3) is 0 Å². The maximum atomic E-state index is 12.8. The van der Waals surface area contributed by atoms with Gasteiger partial charge in [0, 0.05) is 19.6 Å². The van der Waals surface area contributed by atoms with Crippen molar-refractivity contribution in [2.45, 2.75) is 18.7 Å². The van der Waals surface area contributed by atoms with E-state index in [1.807, 2.05) is 4.90 Å². The molecule has 150 valence electrons. The van der Waals surface area contributed by atoms with Gasteiger partial charge in [-0.1, -0.05) is 18.2 Å². The van der Waals surface area contributed by atoms with Crippen molar-refractivity contribution >= 4 is 5.97 Å². The van der Waals surface area contributed by atoms with Crippen LogP contribution in [0.1, 0.15) is 23.7 Å². The first-order chi connectivity index (χ1) is 13.3. The highest BCUT2D eigenvalue weighted by atomic mass is 19.4. The fraction of sp³-hybridized carbons (Fsp3) is 0.350. The largest absolute Gasteiger partial charge is 0.481 e. The summed E-state index contributed by atoms with van der Waals surface area (Å²) in [6, 6.07) is 11.7. The third-order valence-electron chi connectivity index (χ3n) is 4.44. The molecule has 1 fully saturated rings. The average molecular weight is 395 g/mol. The van der Waals surface area contributed by atoms with E-state index < -0.39 is 17.7 Å². The molecule has 0 radical (unpaired) electrons. The number of carboxylic acid groups (broad SMARTS) is 1. The topological polar surface area (TPSA) is 59.0 Å². The summed E-state index contributed by atoms with van der Waals surface area (Å²) >= 11 is 0. The first-order valence-electron chi connectivity index (χ1n) is 8.82. The molecular formula is C20H20F3NO4. The number of nitrogens with zero attached hydrogens (tertiary/aromatic N) is 1. The van der Waals surface area contributed by atoms with Gasteiger partial charge in [-0.05, 0) is 35.9 Å². The lowest BCUT2D eigenvalue weighted by molar-refractivity contribution is -0.138. The van der Waals surface area contributed by atoms with Crippen molar-refractivity contribution in [3.8, 4) is 11.5 Å². The van der Waals surface area contributed by atoms with Gasteiger partial charge >= 0.3 is 12.1 Å². The standard InChI is InChI=1S/C20H20F3NO4/c21-20(22,23)15-2-1-3-17(12-15)28-16-6-4-14(5-7-16)18-13-24(10-11-27-18)9-8-19(25)26/h1-7,12,18H,8-11,13H2,(H,25,26). The van der Waals surface area contributed by atoms with Gasteiger partial charge in [0.15, 0.2) is 0 Å². The van der Waals surface area contributed by atoms with Gasteiger partial charge < -0.3 is 14.6 Å². The van der Waals surface area contributed by atoms with Crippen molar-refractivity contribution in [1.29, 1.82) is 0 Å². The lowest BCUT2D eigenvalue weighted by atomic mass is 10.1. The summed E-state index contributed by atoms with van der Waals surface area (Å²) in [4.78, 5) is 12.8. The summed E-state index contributed by atoms with van der Waals surface area (Å²) in [6.45, 7) is 2.24. The van der Waals surface area contributed by atoms with Crippen LogP contribution in [-0.4, -0.2) is 42.2 Å². The van der Waals surface area contributed by atoms with Crippen molar-refractivity contribution in [1.82, 2.24) is 4.90 Å². The van der Waals surface area contributed by atoms with Crippen LogP contribution < -0.4 is 4.74 Å². The van der Waals surface area contributed by atoms with Crippen LogP contribution in [0, 0.1) is 0 Å². The van der Waals surface area contributed by atoms with E-state index in [-0.39, 0.29) is 18.3 Å². The lowest BCUT2D eigenvalue weighted by Crippen LogP contribution is -2.39. The van der Waals surface area contributed by atoms with E-state index in [1.54, 1.807) is 24.3 Å². The molecule has 8 heteroatoms. The molecule has 2 aromatic carbocycles. The van der Waals surface area contributed by atoms with Crippen molar-refractivity contribution in [3.63, 3.8) is 0 Å². The Hall–Kier alpha value is -2.58. The zero-order valence-corrected chi connectivity index (χ0v) is 15.0. The van der Waals surface area contributed by atoms with Gasteiger partial charge in [-0.25, -0.2) is 0 Å². The molecule has 1 aliphatic heterocycles. The van der Waals surface area contributed by atoms with Crippen LogP contribution in [-0.2, 0) is 15.7 Å². The maximum absolute atomic E-state index is 12.8. The molecule has 1 aliphatic rings. The van der Waals surface area contributed by atoms with Gasteiger partial charge in [0.1, 0.15) is 11.5 Å². The van der Waals surface area contributed by atoms with Crippen molar-refractivity contribution in [3.05, 3.63) is 59.7 Å². The molecule has 0 bridgehead atoms. The third-order valence-corrected chi connectivity index (χ3v) is 4.44. The number of hydrogen-bond acceptors (Lipinski definition) is 4. The van der Waals surface area contributed by atoms with Gasteiger partial charge in [-0.15, -0.1) is 0 Å². The fourth-order valence-electron chi connectivity index (χ4n) is 2.98. The zero-order chi connectivity index (χ0) is 20.1. The summed E-state index contributed by atoms with van der Waals surface area (Å²) in [5.74, 6) is -0.308. The Labute approximate surface area is 160 Å². The van der Waals surface area contributed by atoms with E-state index in [0.29, 0.717) is 32.0 Å². The van der Waals surface area contributed by atoms with Crippen LogP contribution >= 0.6 is 0 Å². The second-order valence-electron chi connectivity index (χ2n) is 6.50. The number of aliphatic carboxylic acids is 1. The highest BCUT2D eigenvalue weighted by Gasteiger charge is 2.30. The number of ether oxygens (including phenoxy) is 2. The number of hydrogen-bond donors (Lipinski definition) is 1. The molecule has 0 aromatic heterocycles. The number of alkyl halides is 3. The number of morpholine rings is 1. The van der Waals surface area contributed by atoms with E-state index in [9.17, 15) is 18.0 Å². The molecule has 3 rings (SSSR count). The number of rotatable bonds is 6. The molecule has 1 heterocycles. The molecule has 1 unspecified atom stereocenters. The quantitative estimate of drug-likeness (QED) is 0.788. The monoisotopic (exact) mass is 395 g/mol. The molecule has 0 amide bonds. The molecule has 0 spiro atoms. The summed E-state index contributed by atoms with van der Waals surface area (Å²) < 4.78 is 49.7. The summed E-state index contributed by atoms with van der Waals surface area (Å²) in [7, 11) is 0. The van der Waals surface area contributed by atoms with Crippen LogP contribution in [0.2, 0.25) is 0 Å². The molecule has 1 N–H and O–H groups in total. The Kier molecular flexibility index (Phi) is 6.21. The van der Waals surface area contributed by atoms with E-state index in [2.05, 4.69) is 0 Å². The van der Waals surface area contributed by atoms with E-state index in [4.69, 9.17) is 14.6 Å². The minimum absolute atomic E-state index is 0.0798. The van der Waals surface area contributed by atoms with Crippen molar-refractivity contribution in [2.75, 3.05) is 26.2 Å². The Bertz CT molecular complexity index is 808. The molecule has 0 saturated carbocycles. The number of benzene rings is 2. The number of carbonyl (C=O) groups is 1.